The van der Waals surface area contributed by atoms with Crippen molar-refractivity contribution in [2.24, 2.45) is 5.73 Å². The van der Waals surface area contributed by atoms with Crippen LogP contribution >= 0.6 is 11.6 Å². The van der Waals surface area contributed by atoms with E-state index in [1.54, 1.807) is 0 Å². The molecule has 1 atom stereocenters. The molecule has 2 heteroatoms. The van der Waals surface area contributed by atoms with Crippen molar-refractivity contribution in [3.8, 4) is 0 Å². The molecule has 0 bridgehead atoms. The van der Waals surface area contributed by atoms with Crippen LogP contribution in [0.25, 0.3) is 0 Å². The Morgan fingerprint density at radius 3 is 2.32 bits per heavy atom. The summed E-state index contributed by atoms with van der Waals surface area (Å²) in [6.45, 7) is 4.90. The van der Waals surface area contributed by atoms with Crippen LogP contribution in [0.5, 0.6) is 0 Å². The van der Waals surface area contributed by atoms with Crippen molar-refractivity contribution in [2.45, 2.75) is 26.2 Å². The van der Waals surface area contributed by atoms with Gasteiger partial charge in [0.2, 0.25) is 0 Å². The van der Waals surface area contributed by atoms with Crippen LogP contribution in [-0.4, -0.2) is 6.54 Å². The molecule has 0 heterocycles. The molecule has 0 saturated heterocycles. The van der Waals surface area contributed by atoms with Gasteiger partial charge in [0.05, 0.1) is 0 Å². The summed E-state index contributed by atoms with van der Waals surface area (Å²) in [5.41, 5.74) is 11.1. The highest BCUT2D eigenvalue weighted by molar-refractivity contribution is 6.30. The fourth-order valence-electron chi connectivity index (χ4n) is 2.57. The lowest BCUT2D eigenvalue weighted by molar-refractivity contribution is 0.694. The molecule has 2 aromatic carbocycles. The number of halogens is 1. The normalized spacial score (nSPS) is 12.4. The van der Waals surface area contributed by atoms with Crippen molar-refractivity contribution < 1.29 is 0 Å². The zero-order valence-electron chi connectivity index (χ0n) is 11.5. The summed E-state index contributed by atoms with van der Waals surface area (Å²) in [5.74, 6) is 0.319. The molecular formula is C17H20ClN. The van der Waals surface area contributed by atoms with Crippen LogP contribution < -0.4 is 5.73 Å². The van der Waals surface area contributed by atoms with Gasteiger partial charge in [0.1, 0.15) is 0 Å². The topological polar surface area (TPSA) is 26.0 Å². The van der Waals surface area contributed by atoms with E-state index in [-0.39, 0.29) is 0 Å². The fourth-order valence-corrected chi connectivity index (χ4v) is 2.77. The number of nitrogens with two attached hydrogens (primary N) is 1. The number of hydrogen-bond acceptors (Lipinski definition) is 1. The first-order valence-corrected chi connectivity index (χ1v) is 6.99. The number of aryl methyl sites for hydroxylation is 2. The van der Waals surface area contributed by atoms with E-state index < -0.39 is 0 Å². The van der Waals surface area contributed by atoms with Gasteiger partial charge in [-0.15, -0.1) is 0 Å². The predicted octanol–water partition coefficient (Wildman–Crippen LogP) is 4.24. The summed E-state index contributed by atoms with van der Waals surface area (Å²) in [6, 6.07) is 14.7. The van der Waals surface area contributed by atoms with E-state index in [0.29, 0.717) is 12.5 Å². The second-order valence-corrected chi connectivity index (χ2v) is 5.62. The third-order valence-electron chi connectivity index (χ3n) is 3.37. The highest BCUT2D eigenvalue weighted by atomic mass is 35.5. The Balaban J connectivity index is 2.23. The molecule has 100 valence electrons. The lowest BCUT2D eigenvalue weighted by atomic mass is 9.91. The van der Waals surface area contributed by atoms with Crippen LogP contribution in [0, 0.1) is 13.8 Å². The number of benzene rings is 2. The van der Waals surface area contributed by atoms with E-state index in [1.165, 1.54) is 22.3 Å². The Bertz CT molecular complexity index is 543. The molecule has 2 N–H and O–H groups in total. The van der Waals surface area contributed by atoms with Crippen molar-refractivity contribution in [1.82, 2.24) is 0 Å². The van der Waals surface area contributed by atoms with E-state index in [2.05, 4.69) is 38.1 Å². The Morgan fingerprint density at radius 1 is 1.05 bits per heavy atom. The summed E-state index contributed by atoms with van der Waals surface area (Å²) in [4.78, 5) is 0. The van der Waals surface area contributed by atoms with Crippen molar-refractivity contribution in [3.63, 3.8) is 0 Å². The highest BCUT2D eigenvalue weighted by Gasteiger charge is 2.11. The van der Waals surface area contributed by atoms with Crippen molar-refractivity contribution in [3.05, 3.63) is 69.7 Å². The molecule has 0 radical (unpaired) electrons. The van der Waals surface area contributed by atoms with E-state index >= 15 is 0 Å². The Morgan fingerprint density at radius 2 is 1.74 bits per heavy atom. The van der Waals surface area contributed by atoms with Gasteiger partial charge in [0.15, 0.2) is 0 Å². The van der Waals surface area contributed by atoms with Crippen LogP contribution in [0.15, 0.2) is 42.5 Å². The van der Waals surface area contributed by atoms with Crippen LogP contribution in [0.1, 0.15) is 28.2 Å². The number of rotatable bonds is 4. The smallest absolute Gasteiger partial charge is 0.0408 e. The lowest BCUT2D eigenvalue weighted by Crippen LogP contribution is -2.15. The Kier molecular flexibility index (Phi) is 4.62. The van der Waals surface area contributed by atoms with Gasteiger partial charge >= 0.3 is 0 Å². The summed E-state index contributed by atoms with van der Waals surface area (Å²) in [6.07, 6.45) is 0.958. The molecule has 0 aromatic heterocycles. The zero-order chi connectivity index (χ0) is 13.8. The SMILES string of the molecule is Cc1cc(C)cc(CC(CN)c2cccc(Cl)c2)c1. The minimum Gasteiger partial charge on any atom is -0.330 e. The molecule has 0 saturated carbocycles. The second-order valence-electron chi connectivity index (χ2n) is 5.19. The van der Waals surface area contributed by atoms with E-state index in [9.17, 15) is 0 Å². The van der Waals surface area contributed by atoms with Crippen LogP contribution in [0.3, 0.4) is 0 Å². The summed E-state index contributed by atoms with van der Waals surface area (Å²) < 4.78 is 0. The van der Waals surface area contributed by atoms with E-state index in [4.69, 9.17) is 17.3 Å². The first kappa shape index (κ1) is 14.1. The minimum absolute atomic E-state index is 0.319. The maximum atomic E-state index is 6.06. The lowest BCUT2D eigenvalue weighted by Gasteiger charge is -2.16. The maximum absolute atomic E-state index is 6.06. The van der Waals surface area contributed by atoms with Crippen LogP contribution in [0.4, 0.5) is 0 Å². The highest BCUT2D eigenvalue weighted by Crippen LogP contribution is 2.23. The average Bonchev–Trinajstić information content (AvgIpc) is 2.34. The minimum atomic E-state index is 0.319. The molecule has 1 nitrogen and oxygen atoms in total. The molecule has 0 aliphatic carbocycles. The molecule has 2 aromatic rings. The van der Waals surface area contributed by atoms with Gasteiger partial charge in [-0.25, -0.2) is 0 Å². The maximum Gasteiger partial charge on any atom is 0.0408 e. The summed E-state index contributed by atoms with van der Waals surface area (Å²) in [5, 5.41) is 0.774. The Hall–Kier alpha value is -1.31. The van der Waals surface area contributed by atoms with E-state index in [0.717, 1.165) is 11.4 Å². The molecular weight excluding hydrogens is 254 g/mol. The van der Waals surface area contributed by atoms with Gasteiger partial charge in [-0.3, -0.25) is 0 Å². The molecule has 19 heavy (non-hydrogen) atoms. The predicted molar refractivity (Wildman–Crippen MR) is 82.9 cm³/mol. The molecule has 0 fully saturated rings. The van der Waals surface area contributed by atoms with Gasteiger partial charge in [0, 0.05) is 10.9 Å². The average molecular weight is 274 g/mol. The van der Waals surface area contributed by atoms with E-state index in [1.807, 2.05) is 18.2 Å². The van der Waals surface area contributed by atoms with Gasteiger partial charge in [0.25, 0.3) is 0 Å². The summed E-state index contributed by atoms with van der Waals surface area (Å²) in [7, 11) is 0. The standard InChI is InChI=1S/C17H20ClN/c1-12-6-13(2)8-14(7-12)9-16(11-19)15-4-3-5-17(18)10-15/h3-8,10,16H,9,11,19H2,1-2H3. The fraction of sp³-hybridized carbons (Fsp3) is 0.294. The number of hydrogen-bond donors (Lipinski definition) is 1. The molecule has 1 unspecified atom stereocenters. The van der Waals surface area contributed by atoms with Gasteiger partial charge in [-0.2, -0.15) is 0 Å². The zero-order valence-corrected chi connectivity index (χ0v) is 12.2. The third kappa shape index (κ3) is 3.82. The molecule has 0 amide bonds. The van der Waals surface area contributed by atoms with Gasteiger partial charge in [-0.05, 0) is 50.1 Å². The molecule has 0 aliphatic rings. The van der Waals surface area contributed by atoms with Gasteiger partial charge in [-0.1, -0.05) is 53.1 Å². The largest absolute Gasteiger partial charge is 0.330 e. The first-order chi connectivity index (χ1) is 9.08. The third-order valence-corrected chi connectivity index (χ3v) is 3.60. The second kappa shape index (κ2) is 6.23. The van der Waals surface area contributed by atoms with Crippen molar-refractivity contribution in [2.75, 3.05) is 6.54 Å². The molecule has 0 aliphatic heterocycles. The molecule has 0 spiro atoms. The monoisotopic (exact) mass is 273 g/mol. The van der Waals surface area contributed by atoms with Crippen molar-refractivity contribution in [1.29, 1.82) is 0 Å². The molecule has 2 rings (SSSR count). The van der Waals surface area contributed by atoms with Crippen LogP contribution in [-0.2, 0) is 6.42 Å². The van der Waals surface area contributed by atoms with Crippen molar-refractivity contribution >= 4 is 11.6 Å². The van der Waals surface area contributed by atoms with Gasteiger partial charge < -0.3 is 5.73 Å². The quantitative estimate of drug-likeness (QED) is 0.886. The Labute approximate surface area is 120 Å². The van der Waals surface area contributed by atoms with Crippen LogP contribution in [0.2, 0.25) is 5.02 Å². The summed E-state index contributed by atoms with van der Waals surface area (Å²) >= 11 is 6.06. The first-order valence-electron chi connectivity index (χ1n) is 6.61.